The van der Waals surface area contributed by atoms with Gasteiger partial charge in [-0.3, -0.25) is 4.79 Å². The smallest absolute Gasteiger partial charge is 0.322 e. The number of nitrogens with one attached hydrogen (secondary N) is 1. The number of benzene rings is 1. The van der Waals surface area contributed by atoms with Gasteiger partial charge in [0.2, 0.25) is 5.91 Å². The molecule has 5 N–H and O–H groups in total. The first-order chi connectivity index (χ1) is 9.99. The zero-order chi connectivity index (χ0) is 15.4. The van der Waals surface area contributed by atoms with E-state index in [9.17, 15) is 9.59 Å². The third-order valence-corrected chi connectivity index (χ3v) is 3.41. The first-order valence-electron chi connectivity index (χ1n) is 6.79. The van der Waals surface area contributed by atoms with Gasteiger partial charge >= 0.3 is 6.03 Å². The number of carbonyl (C=O) groups is 2. The second kappa shape index (κ2) is 6.55. The molecule has 0 saturated carbocycles. The molecule has 0 spiro atoms. The molecule has 7 heteroatoms. The number of hydrogen-bond donors (Lipinski definition) is 3. The molecule has 1 aromatic carbocycles. The molecule has 7 nitrogen and oxygen atoms in total. The maximum absolute atomic E-state index is 12.2. The first-order valence-corrected chi connectivity index (χ1v) is 6.79. The molecule has 114 valence electrons. The summed E-state index contributed by atoms with van der Waals surface area (Å²) in [5.41, 5.74) is 12.7. The summed E-state index contributed by atoms with van der Waals surface area (Å²) in [5, 5.41) is 2.75. The summed E-state index contributed by atoms with van der Waals surface area (Å²) in [6, 6.07) is 6.09. The molecule has 1 fully saturated rings. The molecule has 0 radical (unpaired) electrons. The fourth-order valence-corrected chi connectivity index (χ4v) is 2.15. The van der Waals surface area contributed by atoms with E-state index < -0.39 is 11.9 Å². The fraction of sp³-hybridized carbons (Fsp3) is 0.429. The molecule has 1 aromatic rings. The van der Waals surface area contributed by atoms with Crippen molar-refractivity contribution < 1.29 is 14.3 Å². The van der Waals surface area contributed by atoms with Gasteiger partial charge in [0.1, 0.15) is 6.04 Å². The molecule has 2 rings (SSSR count). The van der Waals surface area contributed by atoms with Crippen molar-refractivity contribution in [1.29, 1.82) is 0 Å². The number of nitrogens with zero attached hydrogens (tertiary/aromatic N) is 1. The lowest BCUT2D eigenvalue weighted by molar-refractivity contribution is -0.126. The third-order valence-electron chi connectivity index (χ3n) is 3.41. The predicted octanol–water partition coefficient (Wildman–Crippen LogP) is 0.424. The third kappa shape index (κ3) is 3.71. The van der Waals surface area contributed by atoms with E-state index in [1.165, 1.54) is 4.90 Å². The number of rotatable bonds is 3. The van der Waals surface area contributed by atoms with Gasteiger partial charge in [-0.25, -0.2) is 4.79 Å². The van der Waals surface area contributed by atoms with Crippen LogP contribution in [0.4, 0.5) is 10.5 Å². The number of anilines is 1. The van der Waals surface area contributed by atoms with Crippen LogP contribution >= 0.6 is 0 Å². The van der Waals surface area contributed by atoms with Crippen LogP contribution < -0.4 is 16.8 Å². The standard InChI is InChI=1S/C14H20N4O3/c1-9(15)10-2-4-11(5-3-10)17-14(20)18-6-7-21-8-12(18)13(16)19/h2-5,9,12H,6-8,15H2,1H3,(H2,16,19)(H,17,20). The molecule has 0 bridgehead atoms. The average Bonchev–Trinajstić information content (AvgIpc) is 2.47. The largest absolute Gasteiger partial charge is 0.377 e. The zero-order valence-corrected chi connectivity index (χ0v) is 11.9. The molecule has 3 amide bonds. The van der Waals surface area contributed by atoms with Crippen molar-refractivity contribution in [2.75, 3.05) is 25.1 Å². The van der Waals surface area contributed by atoms with E-state index >= 15 is 0 Å². The summed E-state index contributed by atoms with van der Waals surface area (Å²) in [6.45, 7) is 2.74. The van der Waals surface area contributed by atoms with Gasteiger partial charge < -0.3 is 26.4 Å². The highest BCUT2D eigenvalue weighted by Gasteiger charge is 2.31. The Kier molecular flexibility index (Phi) is 4.77. The van der Waals surface area contributed by atoms with Crippen LogP contribution in [0.3, 0.4) is 0 Å². The second-order valence-electron chi connectivity index (χ2n) is 5.03. The van der Waals surface area contributed by atoms with Gasteiger partial charge in [0, 0.05) is 18.3 Å². The highest BCUT2D eigenvalue weighted by atomic mass is 16.5. The Balaban J connectivity index is 2.04. The lowest BCUT2D eigenvalue weighted by Crippen LogP contribution is -2.55. The molecule has 1 aliphatic rings. The lowest BCUT2D eigenvalue weighted by Gasteiger charge is -2.33. The van der Waals surface area contributed by atoms with Gasteiger partial charge in [-0.2, -0.15) is 0 Å². The van der Waals surface area contributed by atoms with Crippen molar-refractivity contribution in [3.8, 4) is 0 Å². The Morgan fingerprint density at radius 3 is 2.62 bits per heavy atom. The molecular formula is C14H20N4O3. The Bertz CT molecular complexity index is 515. The van der Waals surface area contributed by atoms with Crippen LogP contribution in [0, 0.1) is 0 Å². The highest BCUT2D eigenvalue weighted by Crippen LogP contribution is 2.16. The van der Waals surface area contributed by atoms with Crippen molar-refractivity contribution in [3.05, 3.63) is 29.8 Å². The normalized spacial score (nSPS) is 19.9. The SMILES string of the molecule is CC(N)c1ccc(NC(=O)N2CCOCC2C(N)=O)cc1. The van der Waals surface area contributed by atoms with E-state index in [4.69, 9.17) is 16.2 Å². The van der Waals surface area contributed by atoms with Gasteiger partial charge in [0.05, 0.1) is 13.2 Å². The number of urea groups is 1. The minimum Gasteiger partial charge on any atom is -0.377 e. The highest BCUT2D eigenvalue weighted by molar-refractivity contribution is 5.93. The van der Waals surface area contributed by atoms with Crippen LogP contribution in [0.2, 0.25) is 0 Å². The number of carbonyl (C=O) groups excluding carboxylic acids is 2. The van der Waals surface area contributed by atoms with E-state index in [1.807, 2.05) is 19.1 Å². The Morgan fingerprint density at radius 2 is 2.05 bits per heavy atom. The Morgan fingerprint density at radius 1 is 1.38 bits per heavy atom. The molecule has 2 atom stereocenters. The van der Waals surface area contributed by atoms with Crippen LogP contribution in [-0.2, 0) is 9.53 Å². The summed E-state index contributed by atoms with van der Waals surface area (Å²) < 4.78 is 5.18. The van der Waals surface area contributed by atoms with Crippen molar-refractivity contribution in [2.24, 2.45) is 11.5 Å². The zero-order valence-electron chi connectivity index (χ0n) is 11.9. The van der Waals surface area contributed by atoms with Crippen LogP contribution in [-0.4, -0.2) is 42.6 Å². The van der Waals surface area contributed by atoms with Crippen molar-refractivity contribution in [3.63, 3.8) is 0 Å². The molecule has 1 aliphatic heterocycles. The average molecular weight is 292 g/mol. The number of ether oxygens (including phenoxy) is 1. The molecule has 0 aliphatic carbocycles. The molecule has 1 heterocycles. The minimum atomic E-state index is -0.734. The van der Waals surface area contributed by atoms with Gasteiger partial charge in [0.15, 0.2) is 0 Å². The van der Waals surface area contributed by atoms with Crippen LogP contribution in [0.15, 0.2) is 24.3 Å². The van der Waals surface area contributed by atoms with Crippen LogP contribution in [0.5, 0.6) is 0 Å². The molecular weight excluding hydrogens is 272 g/mol. The minimum absolute atomic E-state index is 0.0618. The lowest BCUT2D eigenvalue weighted by atomic mass is 10.1. The maximum Gasteiger partial charge on any atom is 0.322 e. The van der Waals surface area contributed by atoms with Crippen LogP contribution in [0.25, 0.3) is 0 Å². The van der Waals surface area contributed by atoms with E-state index in [0.29, 0.717) is 18.8 Å². The molecule has 21 heavy (non-hydrogen) atoms. The fourth-order valence-electron chi connectivity index (χ4n) is 2.15. The monoisotopic (exact) mass is 292 g/mol. The summed E-state index contributed by atoms with van der Waals surface area (Å²) >= 11 is 0. The van der Waals surface area contributed by atoms with Gasteiger partial charge in [-0.05, 0) is 24.6 Å². The summed E-state index contributed by atoms with van der Waals surface area (Å²) in [7, 11) is 0. The molecule has 1 saturated heterocycles. The Labute approximate surface area is 123 Å². The summed E-state index contributed by atoms with van der Waals surface area (Å²) in [4.78, 5) is 25.0. The summed E-state index contributed by atoms with van der Waals surface area (Å²) in [6.07, 6.45) is 0. The van der Waals surface area contributed by atoms with Crippen molar-refractivity contribution in [1.82, 2.24) is 4.90 Å². The summed E-state index contributed by atoms with van der Waals surface area (Å²) in [5.74, 6) is -0.572. The molecule has 0 aromatic heterocycles. The predicted molar refractivity (Wildman–Crippen MR) is 78.6 cm³/mol. The number of morpholine rings is 1. The van der Waals surface area contributed by atoms with Crippen LogP contribution in [0.1, 0.15) is 18.5 Å². The Hall–Kier alpha value is -2.12. The van der Waals surface area contributed by atoms with E-state index in [0.717, 1.165) is 5.56 Å². The van der Waals surface area contributed by atoms with Crippen molar-refractivity contribution in [2.45, 2.75) is 19.0 Å². The number of primary amides is 1. The van der Waals surface area contributed by atoms with Crippen molar-refractivity contribution >= 4 is 17.6 Å². The topological polar surface area (TPSA) is 111 Å². The first kappa shape index (κ1) is 15.3. The number of amides is 3. The second-order valence-corrected chi connectivity index (χ2v) is 5.03. The maximum atomic E-state index is 12.2. The number of nitrogens with two attached hydrogens (primary N) is 2. The van der Waals surface area contributed by atoms with Gasteiger partial charge in [0.25, 0.3) is 0 Å². The van der Waals surface area contributed by atoms with E-state index in [2.05, 4.69) is 5.32 Å². The van der Waals surface area contributed by atoms with Gasteiger partial charge in [-0.1, -0.05) is 12.1 Å². The quantitative estimate of drug-likeness (QED) is 0.750. The molecule has 2 unspecified atom stereocenters. The van der Waals surface area contributed by atoms with Gasteiger partial charge in [-0.15, -0.1) is 0 Å². The van der Waals surface area contributed by atoms with E-state index in [1.54, 1.807) is 12.1 Å². The number of hydrogen-bond acceptors (Lipinski definition) is 4. The van der Waals surface area contributed by atoms with E-state index in [-0.39, 0.29) is 18.7 Å².